The first-order valence-electron chi connectivity index (χ1n) is 9.27. The van der Waals surface area contributed by atoms with Crippen molar-refractivity contribution >= 4 is 15.9 Å². The van der Waals surface area contributed by atoms with Crippen molar-refractivity contribution in [1.29, 1.82) is 0 Å². The van der Waals surface area contributed by atoms with Crippen molar-refractivity contribution in [3.63, 3.8) is 0 Å². The number of sulfonamides is 1. The molecule has 0 spiro atoms. The number of carbonyl (C=O) groups excluding carboxylic acids is 1. The zero-order chi connectivity index (χ0) is 17.4. The van der Waals surface area contributed by atoms with Gasteiger partial charge in [0.15, 0.2) is 0 Å². The molecule has 1 saturated heterocycles. The minimum atomic E-state index is -3.14. The van der Waals surface area contributed by atoms with Crippen LogP contribution in [0.4, 0.5) is 0 Å². The molecule has 2 atom stereocenters. The van der Waals surface area contributed by atoms with E-state index < -0.39 is 10.0 Å². The quantitative estimate of drug-likeness (QED) is 0.763. The summed E-state index contributed by atoms with van der Waals surface area (Å²) in [6.45, 7) is 6.76. The highest BCUT2D eigenvalue weighted by molar-refractivity contribution is 7.88. The van der Waals surface area contributed by atoms with Gasteiger partial charge in [-0.25, -0.2) is 8.42 Å². The Balaban J connectivity index is 1.53. The van der Waals surface area contributed by atoms with E-state index in [-0.39, 0.29) is 5.41 Å². The minimum absolute atomic E-state index is 0.170. The van der Waals surface area contributed by atoms with Crippen molar-refractivity contribution in [1.82, 2.24) is 9.21 Å². The summed E-state index contributed by atoms with van der Waals surface area (Å²) >= 11 is 0. The van der Waals surface area contributed by atoms with Gasteiger partial charge in [-0.3, -0.25) is 4.79 Å². The molecule has 0 aromatic rings. The zero-order valence-electron chi connectivity index (χ0n) is 15.2. The summed E-state index contributed by atoms with van der Waals surface area (Å²) in [4.78, 5) is 15.4. The van der Waals surface area contributed by atoms with Gasteiger partial charge in [-0.05, 0) is 55.3 Å². The van der Waals surface area contributed by atoms with Crippen LogP contribution in [-0.2, 0) is 14.8 Å². The van der Waals surface area contributed by atoms with Crippen molar-refractivity contribution in [2.75, 3.05) is 32.4 Å². The average Bonchev–Trinajstić information content (AvgIpc) is 2.42. The molecule has 4 saturated carbocycles. The fraction of sp³-hybridized carbons (Fsp3) is 0.944. The molecule has 4 aliphatic carbocycles. The molecule has 4 bridgehead atoms. The SMILES string of the molecule is C[C@]12CC3CC(C(=O)N4CCN(S(C)(=O)=O)CC4)(C1)C[C@](C)(C3)C2. The van der Waals surface area contributed by atoms with E-state index in [0.29, 0.717) is 48.8 Å². The first-order chi connectivity index (χ1) is 11.0. The molecule has 0 unspecified atom stereocenters. The maximum Gasteiger partial charge on any atom is 0.228 e. The van der Waals surface area contributed by atoms with Gasteiger partial charge in [-0.15, -0.1) is 0 Å². The van der Waals surface area contributed by atoms with Crippen LogP contribution in [-0.4, -0.2) is 56.0 Å². The molecular weight excluding hydrogens is 324 g/mol. The van der Waals surface area contributed by atoms with Crippen molar-refractivity contribution in [2.24, 2.45) is 22.2 Å². The summed E-state index contributed by atoms with van der Waals surface area (Å²) in [6, 6.07) is 0. The van der Waals surface area contributed by atoms with Crippen LogP contribution < -0.4 is 0 Å². The second-order valence-corrected chi connectivity index (χ2v) is 11.8. The summed E-state index contributed by atoms with van der Waals surface area (Å²) in [5.41, 5.74) is 0.493. The van der Waals surface area contributed by atoms with E-state index in [1.54, 1.807) is 0 Å². The average molecular weight is 355 g/mol. The molecule has 5 aliphatic rings. The standard InChI is InChI=1S/C18H30N2O3S/c1-16-8-14-9-17(2,11-16)13-18(10-14,12-16)15(21)19-4-6-20(7-5-19)24(3,22)23/h14H,4-13H2,1-3H3/t14?,16-,17-,18?/m1/s1. The fourth-order valence-corrected chi connectivity index (χ4v) is 8.07. The first-order valence-corrected chi connectivity index (χ1v) is 11.1. The Labute approximate surface area is 145 Å². The van der Waals surface area contributed by atoms with Crippen molar-refractivity contribution in [2.45, 2.75) is 52.4 Å². The van der Waals surface area contributed by atoms with Crippen LogP contribution in [0.2, 0.25) is 0 Å². The lowest BCUT2D eigenvalue weighted by Crippen LogP contribution is -2.62. The Kier molecular flexibility index (Phi) is 3.48. The summed E-state index contributed by atoms with van der Waals surface area (Å²) in [7, 11) is -3.14. The van der Waals surface area contributed by atoms with Gasteiger partial charge in [0, 0.05) is 26.2 Å². The first kappa shape index (κ1) is 16.8. The minimum Gasteiger partial charge on any atom is -0.340 e. The molecule has 5 nitrogen and oxygen atoms in total. The molecule has 136 valence electrons. The number of hydrogen-bond acceptors (Lipinski definition) is 3. The van der Waals surface area contributed by atoms with E-state index in [9.17, 15) is 13.2 Å². The Bertz CT molecular complexity index is 648. The van der Waals surface area contributed by atoms with Crippen LogP contribution >= 0.6 is 0 Å². The van der Waals surface area contributed by atoms with Gasteiger partial charge < -0.3 is 4.90 Å². The number of rotatable bonds is 2. The molecule has 1 amide bonds. The van der Waals surface area contributed by atoms with Crippen molar-refractivity contribution < 1.29 is 13.2 Å². The van der Waals surface area contributed by atoms with Gasteiger partial charge in [0.2, 0.25) is 15.9 Å². The number of piperazine rings is 1. The maximum atomic E-state index is 13.5. The van der Waals surface area contributed by atoms with E-state index in [1.807, 2.05) is 4.90 Å². The number of hydrogen-bond donors (Lipinski definition) is 0. The van der Waals surface area contributed by atoms with E-state index in [2.05, 4.69) is 13.8 Å². The smallest absolute Gasteiger partial charge is 0.228 e. The molecule has 0 aromatic carbocycles. The van der Waals surface area contributed by atoms with Gasteiger partial charge >= 0.3 is 0 Å². The predicted octanol–water partition coefficient (Wildman–Crippen LogP) is 2.09. The van der Waals surface area contributed by atoms with Crippen LogP contribution in [0.3, 0.4) is 0 Å². The van der Waals surface area contributed by atoms with Crippen LogP contribution in [0.5, 0.6) is 0 Å². The van der Waals surface area contributed by atoms with Crippen LogP contribution in [0.15, 0.2) is 0 Å². The topological polar surface area (TPSA) is 57.7 Å². The van der Waals surface area contributed by atoms with Crippen molar-refractivity contribution in [3.05, 3.63) is 0 Å². The molecule has 5 rings (SSSR count). The number of nitrogens with zero attached hydrogens (tertiary/aromatic N) is 2. The molecule has 0 aromatic heterocycles. The Morgan fingerprint density at radius 1 is 0.917 bits per heavy atom. The lowest BCUT2D eigenvalue weighted by atomic mass is 9.40. The normalized spacial score (nSPS) is 45.6. The number of amides is 1. The van der Waals surface area contributed by atoms with E-state index in [4.69, 9.17) is 0 Å². The predicted molar refractivity (Wildman–Crippen MR) is 92.8 cm³/mol. The lowest BCUT2D eigenvalue weighted by molar-refractivity contribution is -0.180. The third kappa shape index (κ3) is 2.61. The van der Waals surface area contributed by atoms with Gasteiger partial charge in [-0.1, -0.05) is 13.8 Å². The second-order valence-electron chi connectivity index (χ2n) is 9.86. The van der Waals surface area contributed by atoms with Gasteiger partial charge in [0.05, 0.1) is 11.7 Å². The Morgan fingerprint density at radius 3 is 1.92 bits per heavy atom. The third-order valence-electron chi connectivity index (χ3n) is 7.07. The van der Waals surface area contributed by atoms with Gasteiger partial charge in [0.1, 0.15) is 0 Å². The fourth-order valence-electron chi connectivity index (χ4n) is 7.24. The molecule has 0 radical (unpaired) electrons. The monoisotopic (exact) mass is 354 g/mol. The second kappa shape index (κ2) is 4.97. The Morgan fingerprint density at radius 2 is 1.46 bits per heavy atom. The molecule has 6 heteroatoms. The molecule has 24 heavy (non-hydrogen) atoms. The van der Waals surface area contributed by atoms with Crippen molar-refractivity contribution in [3.8, 4) is 0 Å². The molecular formula is C18H30N2O3S. The Hall–Kier alpha value is -0.620. The summed E-state index contributed by atoms with van der Waals surface area (Å²) in [5.74, 6) is 1.02. The zero-order valence-corrected chi connectivity index (χ0v) is 16.0. The highest BCUT2D eigenvalue weighted by atomic mass is 32.2. The molecule has 1 aliphatic heterocycles. The highest BCUT2D eigenvalue weighted by Gasteiger charge is 2.63. The summed E-state index contributed by atoms with van der Waals surface area (Å²) < 4.78 is 24.9. The summed E-state index contributed by atoms with van der Waals surface area (Å²) in [6.07, 6.45) is 8.25. The van der Waals surface area contributed by atoms with Crippen LogP contribution in [0.25, 0.3) is 0 Å². The maximum absolute atomic E-state index is 13.5. The summed E-state index contributed by atoms with van der Waals surface area (Å²) in [5, 5.41) is 0. The van der Waals surface area contributed by atoms with E-state index in [0.717, 1.165) is 19.3 Å². The van der Waals surface area contributed by atoms with Gasteiger partial charge in [0.25, 0.3) is 0 Å². The van der Waals surface area contributed by atoms with Crippen LogP contribution in [0, 0.1) is 22.2 Å². The van der Waals surface area contributed by atoms with E-state index >= 15 is 0 Å². The van der Waals surface area contributed by atoms with Crippen LogP contribution in [0.1, 0.15) is 52.4 Å². The van der Waals surface area contributed by atoms with Gasteiger partial charge in [-0.2, -0.15) is 4.31 Å². The molecule has 0 N–H and O–H groups in total. The largest absolute Gasteiger partial charge is 0.340 e. The highest BCUT2D eigenvalue weighted by Crippen LogP contribution is 2.69. The molecule has 5 fully saturated rings. The third-order valence-corrected chi connectivity index (χ3v) is 8.38. The number of carbonyl (C=O) groups is 1. The molecule has 1 heterocycles. The lowest BCUT2D eigenvalue weighted by Gasteiger charge is -2.65. The van der Waals surface area contributed by atoms with E-state index in [1.165, 1.54) is 29.8 Å².